The van der Waals surface area contributed by atoms with Crippen LogP contribution >= 0.6 is 0 Å². The molecule has 1 rings (SSSR count). The summed E-state index contributed by atoms with van der Waals surface area (Å²) >= 11 is 0. The second-order valence-electron chi connectivity index (χ2n) is 2.27. The summed E-state index contributed by atoms with van der Waals surface area (Å²) in [7, 11) is -2.75. The molecule has 1 fully saturated rings. The third-order valence-corrected chi connectivity index (χ3v) is 3.24. The van der Waals surface area contributed by atoms with Crippen LogP contribution in [-0.4, -0.2) is 19.9 Å². The Balaban J connectivity index is 2.72. The number of rotatable bonds is 0. The molecule has 1 saturated heterocycles. The third-order valence-electron chi connectivity index (χ3n) is 1.47. The zero-order valence-corrected chi connectivity index (χ0v) is 5.82. The monoisotopic (exact) mass is 144 g/mol. The minimum Gasteiger partial charge on any atom is -0.229 e. The van der Waals surface area contributed by atoms with Crippen LogP contribution in [0.25, 0.3) is 0 Å². The van der Waals surface area contributed by atoms with Gasteiger partial charge >= 0.3 is 0 Å². The predicted octanol–water partition coefficient (Wildman–Crippen LogP) is 0.0543. The lowest BCUT2D eigenvalue weighted by atomic mass is 10.1. The Morgan fingerprint density at radius 1 is 1.56 bits per heavy atom. The summed E-state index contributed by atoms with van der Waals surface area (Å²) in [4.78, 5) is 0. The zero-order valence-electron chi connectivity index (χ0n) is 5.00. The van der Waals surface area contributed by atoms with E-state index < -0.39 is 9.84 Å². The summed E-state index contributed by atoms with van der Waals surface area (Å²) in [5.41, 5.74) is 0. The molecule has 0 N–H and O–H groups in total. The fraction of sp³-hybridized carbons (Fsp3) is 0.667. The van der Waals surface area contributed by atoms with Gasteiger partial charge in [0, 0.05) is 5.92 Å². The zero-order chi connectivity index (χ0) is 6.91. The van der Waals surface area contributed by atoms with Crippen molar-refractivity contribution in [2.45, 2.75) is 6.42 Å². The van der Waals surface area contributed by atoms with Gasteiger partial charge in [-0.1, -0.05) is 0 Å². The molecule has 1 aliphatic heterocycles. The smallest absolute Gasteiger partial charge is 0.151 e. The van der Waals surface area contributed by atoms with Gasteiger partial charge in [0.2, 0.25) is 0 Å². The van der Waals surface area contributed by atoms with Gasteiger partial charge in [0.15, 0.2) is 9.84 Å². The standard InChI is InChI=1S/C6H8O2S/c1-2-6-3-4-9(7,8)5-6/h1,6H,3-5H2. The Labute approximate surface area is 55.2 Å². The highest BCUT2D eigenvalue weighted by Gasteiger charge is 2.25. The van der Waals surface area contributed by atoms with Crippen LogP contribution in [0.4, 0.5) is 0 Å². The minimum absolute atomic E-state index is 0.0185. The van der Waals surface area contributed by atoms with Gasteiger partial charge in [-0.3, -0.25) is 0 Å². The van der Waals surface area contributed by atoms with Gasteiger partial charge < -0.3 is 0 Å². The van der Waals surface area contributed by atoms with E-state index in [0.29, 0.717) is 6.42 Å². The van der Waals surface area contributed by atoms with Gasteiger partial charge in [0.25, 0.3) is 0 Å². The third kappa shape index (κ3) is 1.46. The fourth-order valence-electron chi connectivity index (χ4n) is 0.926. The van der Waals surface area contributed by atoms with Crippen LogP contribution in [0.2, 0.25) is 0 Å². The topological polar surface area (TPSA) is 34.1 Å². The van der Waals surface area contributed by atoms with Crippen molar-refractivity contribution in [1.82, 2.24) is 0 Å². The van der Waals surface area contributed by atoms with E-state index in [2.05, 4.69) is 5.92 Å². The highest BCUT2D eigenvalue weighted by atomic mass is 32.2. The number of hydrogen-bond acceptors (Lipinski definition) is 2. The average molecular weight is 144 g/mol. The van der Waals surface area contributed by atoms with Crippen molar-refractivity contribution in [1.29, 1.82) is 0 Å². The van der Waals surface area contributed by atoms with Crippen molar-refractivity contribution in [3.63, 3.8) is 0 Å². The molecule has 9 heavy (non-hydrogen) atoms. The molecule has 0 spiro atoms. The van der Waals surface area contributed by atoms with E-state index in [4.69, 9.17) is 6.42 Å². The van der Waals surface area contributed by atoms with E-state index in [1.54, 1.807) is 0 Å². The van der Waals surface area contributed by atoms with Crippen LogP contribution < -0.4 is 0 Å². The molecule has 0 aliphatic carbocycles. The predicted molar refractivity (Wildman–Crippen MR) is 35.6 cm³/mol. The molecular formula is C6H8O2S. The largest absolute Gasteiger partial charge is 0.229 e. The van der Waals surface area contributed by atoms with Gasteiger partial charge in [0.05, 0.1) is 11.5 Å². The molecule has 0 aromatic carbocycles. The maximum Gasteiger partial charge on any atom is 0.151 e. The van der Waals surface area contributed by atoms with E-state index in [0.717, 1.165) is 0 Å². The molecule has 1 aliphatic rings. The van der Waals surface area contributed by atoms with Crippen molar-refractivity contribution in [3.8, 4) is 12.3 Å². The molecule has 1 unspecified atom stereocenters. The lowest BCUT2D eigenvalue weighted by molar-refractivity contribution is 0.601. The Morgan fingerprint density at radius 3 is 2.44 bits per heavy atom. The summed E-state index contributed by atoms with van der Waals surface area (Å²) in [6.45, 7) is 0. The van der Waals surface area contributed by atoms with Gasteiger partial charge in [-0.05, 0) is 6.42 Å². The molecule has 0 radical (unpaired) electrons. The first-order chi connectivity index (χ1) is 4.14. The molecular weight excluding hydrogens is 136 g/mol. The first-order valence-electron chi connectivity index (χ1n) is 2.80. The normalized spacial score (nSPS) is 31.7. The highest BCUT2D eigenvalue weighted by Crippen LogP contribution is 2.16. The summed E-state index contributed by atoms with van der Waals surface area (Å²) in [6.07, 6.45) is 5.69. The summed E-state index contributed by atoms with van der Waals surface area (Å²) in [6, 6.07) is 0. The minimum atomic E-state index is -2.75. The van der Waals surface area contributed by atoms with Crippen LogP contribution in [0.15, 0.2) is 0 Å². The van der Waals surface area contributed by atoms with Crippen molar-refractivity contribution in [2.24, 2.45) is 5.92 Å². The molecule has 2 nitrogen and oxygen atoms in total. The van der Waals surface area contributed by atoms with Crippen LogP contribution in [-0.2, 0) is 9.84 Å². The first-order valence-corrected chi connectivity index (χ1v) is 4.63. The summed E-state index contributed by atoms with van der Waals surface area (Å²) in [5.74, 6) is 2.90. The van der Waals surface area contributed by atoms with Gasteiger partial charge in [-0.15, -0.1) is 12.3 Å². The van der Waals surface area contributed by atoms with E-state index in [9.17, 15) is 8.42 Å². The van der Waals surface area contributed by atoms with Crippen LogP contribution in [0.3, 0.4) is 0 Å². The molecule has 0 amide bonds. The van der Waals surface area contributed by atoms with E-state index >= 15 is 0 Å². The number of terminal acetylenes is 1. The molecule has 0 aromatic rings. The number of hydrogen-bond donors (Lipinski definition) is 0. The molecule has 0 aromatic heterocycles. The molecule has 0 saturated carbocycles. The Morgan fingerprint density at radius 2 is 2.22 bits per heavy atom. The SMILES string of the molecule is C#CC1CCS(=O)(=O)C1. The maximum atomic E-state index is 10.7. The van der Waals surface area contributed by atoms with E-state index in [-0.39, 0.29) is 17.4 Å². The quantitative estimate of drug-likeness (QED) is 0.450. The van der Waals surface area contributed by atoms with E-state index in [1.807, 2.05) is 0 Å². The summed E-state index contributed by atoms with van der Waals surface area (Å²) < 4.78 is 21.4. The molecule has 3 heteroatoms. The lowest BCUT2D eigenvalue weighted by Gasteiger charge is -1.90. The Kier molecular flexibility index (Phi) is 1.50. The van der Waals surface area contributed by atoms with Crippen molar-refractivity contribution >= 4 is 9.84 Å². The van der Waals surface area contributed by atoms with E-state index in [1.165, 1.54) is 0 Å². The maximum absolute atomic E-state index is 10.7. The van der Waals surface area contributed by atoms with Gasteiger partial charge in [0.1, 0.15) is 0 Å². The lowest BCUT2D eigenvalue weighted by Crippen LogP contribution is -2.02. The highest BCUT2D eigenvalue weighted by molar-refractivity contribution is 7.91. The number of sulfone groups is 1. The second kappa shape index (κ2) is 2.03. The first kappa shape index (κ1) is 6.63. The molecule has 1 atom stereocenters. The average Bonchev–Trinajstić information content (AvgIpc) is 2.10. The van der Waals surface area contributed by atoms with Crippen molar-refractivity contribution in [2.75, 3.05) is 11.5 Å². The van der Waals surface area contributed by atoms with Crippen LogP contribution in [0, 0.1) is 18.3 Å². The molecule has 50 valence electrons. The van der Waals surface area contributed by atoms with Crippen LogP contribution in [0.5, 0.6) is 0 Å². The fourth-order valence-corrected chi connectivity index (χ4v) is 2.61. The van der Waals surface area contributed by atoms with Gasteiger partial charge in [-0.2, -0.15) is 0 Å². The molecule has 0 bridgehead atoms. The Hall–Kier alpha value is -0.490. The van der Waals surface area contributed by atoms with Gasteiger partial charge in [-0.25, -0.2) is 8.42 Å². The summed E-state index contributed by atoms with van der Waals surface area (Å²) in [5, 5.41) is 0. The Bertz CT molecular complexity index is 232. The van der Waals surface area contributed by atoms with Crippen LogP contribution in [0.1, 0.15) is 6.42 Å². The van der Waals surface area contributed by atoms with Crippen molar-refractivity contribution in [3.05, 3.63) is 0 Å². The van der Waals surface area contributed by atoms with Crippen molar-refractivity contribution < 1.29 is 8.42 Å². The molecule has 1 heterocycles. The second-order valence-corrected chi connectivity index (χ2v) is 4.50.